The fraction of sp³-hybridized carbons (Fsp3) is 0.250. The monoisotopic (exact) mass is 371 g/mol. The first kappa shape index (κ1) is 18.6. The molecule has 7 nitrogen and oxygen atoms in total. The zero-order chi connectivity index (χ0) is 19.6. The molecule has 2 aromatic carbocycles. The molecule has 1 aliphatic rings. The van der Waals surface area contributed by atoms with E-state index in [1.165, 1.54) is 26.4 Å². The van der Waals surface area contributed by atoms with Crippen molar-refractivity contribution in [3.63, 3.8) is 0 Å². The van der Waals surface area contributed by atoms with Crippen molar-refractivity contribution < 1.29 is 34.3 Å². The molecule has 2 atom stereocenters. The van der Waals surface area contributed by atoms with E-state index in [4.69, 9.17) is 14.2 Å². The van der Waals surface area contributed by atoms with Crippen molar-refractivity contribution in [2.75, 3.05) is 20.8 Å². The number of benzene rings is 2. The molecule has 0 bridgehead atoms. The van der Waals surface area contributed by atoms with Crippen LogP contribution in [0.4, 0.5) is 0 Å². The number of carboxylic acids is 1. The van der Waals surface area contributed by atoms with E-state index in [1.807, 2.05) is 0 Å². The van der Waals surface area contributed by atoms with Crippen LogP contribution in [0.15, 0.2) is 36.4 Å². The summed E-state index contributed by atoms with van der Waals surface area (Å²) in [5, 5.41) is 30.5. The first-order valence-corrected chi connectivity index (χ1v) is 8.24. The highest BCUT2D eigenvalue weighted by Crippen LogP contribution is 2.51. The third-order valence-corrected chi connectivity index (χ3v) is 4.48. The van der Waals surface area contributed by atoms with E-state index in [0.717, 1.165) is 6.08 Å². The van der Waals surface area contributed by atoms with Gasteiger partial charge in [0.25, 0.3) is 0 Å². The Labute approximate surface area is 156 Å². The molecule has 7 heteroatoms. The van der Waals surface area contributed by atoms with Gasteiger partial charge in [0.15, 0.2) is 23.0 Å². The number of aliphatic hydroxyl groups excluding tert-OH is 1. The molecular weight excluding hydrogens is 352 g/mol. The molecule has 0 fully saturated rings. The first-order chi connectivity index (χ1) is 13.0. The van der Waals surface area contributed by atoms with Gasteiger partial charge in [0.2, 0.25) is 0 Å². The molecule has 1 heterocycles. The summed E-state index contributed by atoms with van der Waals surface area (Å²) < 4.78 is 16.6. The summed E-state index contributed by atoms with van der Waals surface area (Å²) in [7, 11) is 2.93. The summed E-state index contributed by atoms with van der Waals surface area (Å²) in [5.41, 5.74) is 2.00. The Morgan fingerprint density at radius 1 is 1.22 bits per heavy atom. The normalized spacial score (nSPS) is 18.2. The number of aromatic hydroxyl groups is 1. The number of aliphatic carboxylic acids is 1. The van der Waals surface area contributed by atoms with Crippen LogP contribution in [-0.2, 0) is 4.79 Å². The van der Waals surface area contributed by atoms with Gasteiger partial charge in [0.05, 0.1) is 32.7 Å². The summed E-state index contributed by atoms with van der Waals surface area (Å²) in [5.74, 6) is -0.493. The van der Waals surface area contributed by atoms with Crippen LogP contribution >= 0.6 is 0 Å². The van der Waals surface area contributed by atoms with Gasteiger partial charge in [-0.2, -0.15) is 0 Å². The Bertz CT molecular complexity index is 888. The Hall–Kier alpha value is -3.19. The summed E-state index contributed by atoms with van der Waals surface area (Å²) in [6.45, 7) is -0.197. The standard InChI is InChI=1S/C20H20O7/c1-25-16-9-12(4-5-15(16)22)19-14(10-21)13-7-11(3-6-18(23)24)8-17(26-2)20(13)27-19/h3-9,14,19,21-22H,10H2,1-2H3,(H,23,24)/p-1/b6-3+. The van der Waals surface area contributed by atoms with Gasteiger partial charge in [0.1, 0.15) is 6.10 Å². The van der Waals surface area contributed by atoms with Crippen molar-refractivity contribution in [3.05, 3.63) is 53.1 Å². The zero-order valence-corrected chi connectivity index (χ0v) is 14.8. The van der Waals surface area contributed by atoms with Crippen molar-refractivity contribution in [1.82, 2.24) is 0 Å². The third kappa shape index (κ3) is 3.54. The largest absolute Gasteiger partial charge is 0.545 e. The number of fused-ring (bicyclic) bond motifs is 1. The van der Waals surface area contributed by atoms with E-state index >= 15 is 0 Å². The van der Waals surface area contributed by atoms with Crippen molar-refractivity contribution in [2.24, 2.45) is 0 Å². The number of carbonyl (C=O) groups excluding carboxylic acids is 1. The lowest BCUT2D eigenvalue weighted by Gasteiger charge is -2.18. The number of rotatable bonds is 6. The van der Waals surface area contributed by atoms with E-state index < -0.39 is 18.0 Å². The van der Waals surface area contributed by atoms with Crippen LogP contribution in [0.3, 0.4) is 0 Å². The number of methoxy groups -OCH3 is 2. The number of aliphatic hydroxyl groups is 1. The summed E-state index contributed by atoms with van der Waals surface area (Å²) in [6.07, 6.45) is 1.80. The molecule has 2 unspecified atom stereocenters. The lowest BCUT2D eigenvalue weighted by molar-refractivity contribution is -0.297. The molecule has 0 spiro atoms. The highest BCUT2D eigenvalue weighted by molar-refractivity contribution is 5.84. The van der Waals surface area contributed by atoms with Gasteiger partial charge in [-0.15, -0.1) is 0 Å². The van der Waals surface area contributed by atoms with Crippen LogP contribution in [-0.4, -0.2) is 37.0 Å². The van der Waals surface area contributed by atoms with Crippen LogP contribution in [0.25, 0.3) is 6.08 Å². The van der Waals surface area contributed by atoms with E-state index in [0.29, 0.717) is 33.9 Å². The third-order valence-electron chi connectivity index (χ3n) is 4.48. The van der Waals surface area contributed by atoms with E-state index in [9.17, 15) is 20.1 Å². The second kappa shape index (κ2) is 7.59. The molecule has 0 radical (unpaired) electrons. The molecular formula is C20H19O7-. The minimum atomic E-state index is -1.31. The van der Waals surface area contributed by atoms with Crippen molar-refractivity contribution in [1.29, 1.82) is 0 Å². The number of ether oxygens (including phenoxy) is 3. The first-order valence-electron chi connectivity index (χ1n) is 8.24. The fourth-order valence-corrected chi connectivity index (χ4v) is 3.20. The van der Waals surface area contributed by atoms with Gasteiger partial charge in [0, 0.05) is 5.56 Å². The maximum atomic E-state index is 10.7. The van der Waals surface area contributed by atoms with Crippen molar-refractivity contribution in [3.8, 4) is 23.0 Å². The van der Waals surface area contributed by atoms with E-state index in [-0.39, 0.29) is 12.4 Å². The highest BCUT2D eigenvalue weighted by atomic mass is 16.5. The predicted octanol–water partition coefficient (Wildman–Crippen LogP) is 1.38. The topological polar surface area (TPSA) is 108 Å². The van der Waals surface area contributed by atoms with Gasteiger partial charge in [-0.3, -0.25) is 0 Å². The minimum absolute atomic E-state index is 0.00425. The Balaban J connectivity index is 2.04. The molecule has 2 N–H and O–H groups in total. The van der Waals surface area contributed by atoms with Crippen LogP contribution in [0, 0.1) is 0 Å². The number of hydrogen-bond donors (Lipinski definition) is 2. The Morgan fingerprint density at radius 3 is 2.59 bits per heavy atom. The highest BCUT2D eigenvalue weighted by Gasteiger charge is 2.37. The summed E-state index contributed by atoms with van der Waals surface area (Å²) in [6, 6.07) is 8.24. The van der Waals surface area contributed by atoms with Gasteiger partial charge >= 0.3 is 0 Å². The van der Waals surface area contributed by atoms with E-state index in [1.54, 1.807) is 24.3 Å². The van der Waals surface area contributed by atoms with Gasteiger partial charge < -0.3 is 34.3 Å². The molecule has 0 aromatic heterocycles. The summed E-state index contributed by atoms with van der Waals surface area (Å²) in [4.78, 5) is 10.7. The number of carboxylic acid groups (broad SMARTS) is 1. The van der Waals surface area contributed by atoms with E-state index in [2.05, 4.69) is 0 Å². The van der Waals surface area contributed by atoms with Crippen molar-refractivity contribution >= 4 is 12.0 Å². The molecule has 0 saturated heterocycles. The number of hydrogen-bond acceptors (Lipinski definition) is 7. The van der Waals surface area contributed by atoms with Crippen LogP contribution in [0.5, 0.6) is 23.0 Å². The molecule has 0 aliphatic carbocycles. The van der Waals surface area contributed by atoms with Crippen molar-refractivity contribution in [2.45, 2.75) is 12.0 Å². The minimum Gasteiger partial charge on any atom is -0.545 e. The number of phenols is 1. The maximum absolute atomic E-state index is 10.7. The number of carbonyl (C=O) groups is 1. The smallest absolute Gasteiger partial charge is 0.165 e. The van der Waals surface area contributed by atoms with Crippen LogP contribution in [0.2, 0.25) is 0 Å². The number of phenolic OH excluding ortho intramolecular Hbond substituents is 1. The molecule has 0 saturated carbocycles. The second-order valence-electron chi connectivity index (χ2n) is 6.05. The summed E-state index contributed by atoms with van der Waals surface area (Å²) >= 11 is 0. The van der Waals surface area contributed by atoms with Gasteiger partial charge in [-0.25, -0.2) is 0 Å². The molecule has 1 aliphatic heterocycles. The lowest BCUT2D eigenvalue weighted by atomic mass is 9.90. The van der Waals surface area contributed by atoms with Crippen LogP contribution in [0.1, 0.15) is 28.7 Å². The molecule has 3 rings (SSSR count). The SMILES string of the molecule is COc1cc(C2Oc3c(OC)cc(/C=C/C(=O)[O-])cc3C2CO)ccc1O. The maximum Gasteiger partial charge on any atom is 0.165 e. The van der Waals surface area contributed by atoms with Crippen LogP contribution < -0.4 is 19.3 Å². The molecule has 0 amide bonds. The predicted molar refractivity (Wildman–Crippen MR) is 94.9 cm³/mol. The Kier molecular flexibility index (Phi) is 5.23. The fourth-order valence-electron chi connectivity index (χ4n) is 3.20. The quantitative estimate of drug-likeness (QED) is 0.739. The second-order valence-corrected chi connectivity index (χ2v) is 6.05. The Morgan fingerprint density at radius 2 is 1.96 bits per heavy atom. The molecule has 27 heavy (non-hydrogen) atoms. The average molecular weight is 371 g/mol. The average Bonchev–Trinajstić information content (AvgIpc) is 3.04. The lowest BCUT2D eigenvalue weighted by Crippen LogP contribution is -2.18. The van der Waals surface area contributed by atoms with Gasteiger partial charge in [-0.05, 0) is 41.5 Å². The molecule has 2 aromatic rings. The zero-order valence-electron chi connectivity index (χ0n) is 14.8. The van der Waals surface area contributed by atoms with Gasteiger partial charge in [-0.1, -0.05) is 12.1 Å². The molecule has 142 valence electrons.